The van der Waals surface area contributed by atoms with Crippen molar-refractivity contribution in [1.82, 2.24) is 4.57 Å². The maximum absolute atomic E-state index is 10.5. The zero-order chi connectivity index (χ0) is 7.84. The Bertz CT molecular complexity index is 290. The average molecular weight is 150 g/mol. The Morgan fingerprint density at radius 1 is 1.45 bits per heavy atom. The highest BCUT2D eigenvalue weighted by molar-refractivity contribution is 5.75. The largest absolute Gasteiger partial charge is 0.359 e. The molecule has 3 heteroatoms. The molecule has 0 unspecified atom stereocenters. The van der Waals surface area contributed by atoms with Crippen LogP contribution in [0.2, 0.25) is 0 Å². The Labute approximate surface area is 65.2 Å². The van der Waals surface area contributed by atoms with Crippen molar-refractivity contribution in [1.29, 1.82) is 0 Å². The van der Waals surface area contributed by atoms with Gasteiger partial charge in [0, 0.05) is 20.1 Å². The van der Waals surface area contributed by atoms with Crippen molar-refractivity contribution in [2.24, 2.45) is 0 Å². The predicted molar refractivity (Wildman–Crippen MR) is 43.1 cm³/mol. The number of carbonyl (C=O) groups is 1. The van der Waals surface area contributed by atoms with Crippen molar-refractivity contribution in [3.8, 4) is 0 Å². The van der Waals surface area contributed by atoms with Gasteiger partial charge in [-0.3, -0.25) is 4.79 Å². The summed E-state index contributed by atoms with van der Waals surface area (Å²) in [7, 11) is 2.04. The van der Waals surface area contributed by atoms with E-state index in [1.807, 2.05) is 23.7 Å². The molecule has 1 aromatic heterocycles. The van der Waals surface area contributed by atoms with Gasteiger partial charge in [0.05, 0.1) is 5.69 Å². The molecule has 0 saturated heterocycles. The molecule has 11 heavy (non-hydrogen) atoms. The first-order valence-electron chi connectivity index (χ1n) is 3.69. The molecule has 0 spiro atoms. The smallest absolute Gasteiger partial charge is 0.166 e. The van der Waals surface area contributed by atoms with E-state index < -0.39 is 0 Å². The fourth-order valence-electron chi connectivity index (χ4n) is 1.52. The summed E-state index contributed by atoms with van der Waals surface area (Å²) in [5.74, 6) is 1.15. The third-order valence-electron chi connectivity index (χ3n) is 2.16. The van der Waals surface area contributed by atoms with Gasteiger partial charge in [-0.1, -0.05) is 0 Å². The highest BCUT2D eigenvalue weighted by Gasteiger charge is 2.16. The van der Waals surface area contributed by atoms with Crippen LogP contribution in [0.15, 0.2) is 12.1 Å². The minimum Gasteiger partial charge on any atom is -0.359 e. The Hall–Kier alpha value is -1.25. The van der Waals surface area contributed by atoms with Gasteiger partial charge in [-0.05, 0) is 12.1 Å². The second-order valence-corrected chi connectivity index (χ2v) is 2.81. The lowest BCUT2D eigenvalue weighted by Crippen LogP contribution is -2.12. The van der Waals surface area contributed by atoms with Crippen LogP contribution in [0, 0.1) is 0 Å². The van der Waals surface area contributed by atoms with Crippen LogP contribution in [0.5, 0.6) is 0 Å². The standard InChI is InChI=1S/C8H10N2O/c1-9-4-5-10-7(6-11)2-3-8(9)10/h2-3,6H,4-5H2,1H3. The van der Waals surface area contributed by atoms with Gasteiger partial charge >= 0.3 is 0 Å². The van der Waals surface area contributed by atoms with Crippen molar-refractivity contribution >= 4 is 12.1 Å². The number of hydrogen-bond donors (Lipinski definition) is 0. The quantitative estimate of drug-likeness (QED) is 0.552. The van der Waals surface area contributed by atoms with Gasteiger partial charge in [-0.15, -0.1) is 0 Å². The fourth-order valence-corrected chi connectivity index (χ4v) is 1.52. The van der Waals surface area contributed by atoms with Crippen LogP contribution in [0.25, 0.3) is 0 Å². The minimum atomic E-state index is 0.782. The molecule has 0 N–H and O–H groups in total. The number of aldehydes is 1. The zero-order valence-electron chi connectivity index (χ0n) is 6.45. The number of likely N-dealkylation sites (N-methyl/N-ethyl adjacent to an activating group) is 1. The molecule has 1 aliphatic heterocycles. The van der Waals surface area contributed by atoms with Gasteiger partial charge in [-0.25, -0.2) is 0 Å². The van der Waals surface area contributed by atoms with Gasteiger partial charge in [0.25, 0.3) is 0 Å². The lowest BCUT2D eigenvalue weighted by molar-refractivity contribution is 0.111. The summed E-state index contributed by atoms with van der Waals surface area (Å²) in [6.45, 7) is 1.95. The van der Waals surface area contributed by atoms with Crippen molar-refractivity contribution < 1.29 is 4.79 Å². The van der Waals surface area contributed by atoms with Crippen LogP contribution in [0.3, 0.4) is 0 Å². The SMILES string of the molecule is CN1CCn2c(C=O)ccc21. The number of fused-ring (bicyclic) bond motifs is 1. The first kappa shape index (κ1) is 6.46. The second-order valence-electron chi connectivity index (χ2n) is 2.81. The summed E-state index contributed by atoms with van der Waals surface area (Å²) in [6.07, 6.45) is 0.905. The van der Waals surface area contributed by atoms with E-state index in [9.17, 15) is 4.79 Å². The third kappa shape index (κ3) is 0.770. The number of anilines is 1. The Balaban J connectivity index is 2.51. The van der Waals surface area contributed by atoms with Gasteiger partial charge in [0.1, 0.15) is 5.82 Å². The molecule has 0 saturated carbocycles. The van der Waals surface area contributed by atoms with Crippen LogP contribution >= 0.6 is 0 Å². The molecule has 58 valence electrons. The number of hydrogen-bond acceptors (Lipinski definition) is 2. The van der Waals surface area contributed by atoms with E-state index in [4.69, 9.17) is 0 Å². The number of rotatable bonds is 1. The predicted octanol–water partition coefficient (Wildman–Crippen LogP) is 0.750. The van der Waals surface area contributed by atoms with Crippen LogP contribution in [-0.2, 0) is 6.54 Å². The highest BCUT2D eigenvalue weighted by Crippen LogP contribution is 2.22. The topological polar surface area (TPSA) is 25.2 Å². The van der Waals surface area contributed by atoms with E-state index in [2.05, 4.69) is 4.90 Å². The third-order valence-corrected chi connectivity index (χ3v) is 2.16. The molecule has 2 heterocycles. The van der Waals surface area contributed by atoms with E-state index >= 15 is 0 Å². The van der Waals surface area contributed by atoms with Crippen LogP contribution in [0.4, 0.5) is 5.82 Å². The molecule has 0 amide bonds. The molecule has 0 bridgehead atoms. The lowest BCUT2D eigenvalue weighted by atomic mass is 10.4. The Kier molecular flexibility index (Phi) is 1.24. The number of nitrogens with zero attached hydrogens (tertiary/aromatic N) is 2. The van der Waals surface area contributed by atoms with Crippen LogP contribution in [0.1, 0.15) is 10.5 Å². The van der Waals surface area contributed by atoms with E-state index in [0.29, 0.717) is 0 Å². The van der Waals surface area contributed by atoms with E-state index in [-0.39, 0.29) is 0 Å². The molecule has 3 nitrogen and oxygen atoms in total. The Morgan fingerprint density at radius 2 is 2.27 bits per heavy atom. The molecule has 0 fully saturated rings. The van der Waals surface area contributed by atoms with Gasteiger partial charge in [-0.2, -0.15) is 0 Å². The Morgan fingerprint density at radius 3 is 3.00 bits per heavy atom. The maximum atomic E-state index is 10.5. The summed E-state index contributed by atoms with van der Waals surface area (Å²) in [5.41, 5.74) is 0.782. The van der Waals surface area contributed by atoms with E-state index in [1.54, 1.807) is 0 Å². The maximum Gasteiger partial charge on any atom is 0.166 e. The first-order valence-corrected chi connectivity index (χ1v) is 3.69. The zero-order valence-corrected chi connectivity index (χ0v) is 6.45. The minimum absolute atomic E-state index is 0.782. The number of aromatic nitrogens is 1. The monoisotopic (exact) mass is 150 g/mol. The molecule has 1 aromatic rings. The molecular weight excluding hydrogens is 140 g/mol. The molecule has 0 atom stereocenters. The van der Waals surface area contributed by atoms with Crippen molar-refractivity contribution in [2.75, 3.05) is 18.5 Å². The summed E-state index contributed by atoms with van der Waals surface area (Å²) in [6, 6.07) is 3.84. The highest BCUT2D eigenvalue weighted by atomic mass is 16.1. The van der Waals surface area contributed by atoms with Gasteiger partial charge in [0.2, 0.25) is 0 Å². The summed E-state index contributed by atoms with van der Waals surface area (Å²) < 4.78 is 2.03. The number of carbonyl (C=O) groups excluding carboxylic acids is 1. The fraction of sp³-hybridized carbons (Fsp3) is 0.375. The van der Waals surface area contributed by atoms with Crippen molar-refractivity contribution in [3.05, 3.63) is 17.8 Å². The van der Waals surface area contributed by atoms with E-state index in [1.165, 1.54) is 0 Å². The van der Waals surface area contributed by atoms with Gasteiger partial charge in [0.15, 0.2) is 6.29 Å². The summed E-state index contributed by atoms with van der Waals surface area (Å²) in [4.78, 5) is 12.6. The van der Waals surface area contributed by atoms with Crippen molar-refractivity contribution in [3.63, 3.8) is 0 Å². The molecule has 2 rings (SSSR count). The second kappa shape index (κ2) is 2.12. The van der Waals surface area contributed by atoms with Crippen LogP contribution in [-0.4, -0.2) is 24.4 Å². The first-order chi connectivity index (χ1) is 5.33. The lowest BCUT2D eigenvalue weighted by Gasteiger charge is -2.06. The molecule has 0 aliphatic carbocycles. The van der Waals surface area contributed by atoms with Crippen molar-refractivity contribution in [2.45, 2.75) is 6.54 Å². The summed E-state index contributed by atoms with van der Waals surface area (Å²) >= 11 is 0. The molecule has 0 aromatic carbocycles. The molecular formula is C8H10N2O. The molecule has 1 aliphatic rings. The van der Waals surface area contributed by atoms with Crippen LogP contribution < -0.4 is 4.90 Å². The molecule has 0 radical (unpaired) electrons. The average Bonchev–Trinajstić information content (AvgIpc) is 2.53. The van der Waals surface area contributed by atoms with Gasteiger partial charge < -0.3 is 9.47 Å². The summed E-state index contributed by atoms with van der Waals surface area (Å²) in [5, 5.41) is 0. The normalized spacial score (nSPS) is 15.2. The van der Waals surface area contributed by atoms with E-state index in [0.717, 1.165) is 30.9 Å².